The van der Waals surface area contributed by atoms with Crippen LogP contribution in [0.5, 0.6) is 0 Å². The third-order valence-corrected chi connectivity index (χ3v) is 3.09. The van der Waals surface area contributed by atoms with Crippen molar-refractivity contribution >= 4 is 11.5 Å². The fraction of sp³-hybridized carbons (Fsp3) is 0.267. The molecule has 0 amide bonds. The minimum Gasteiger partial charge on any atom is -0.396 e. The Labute approximate surface area is 113 Å². The summed E-state index contributed by atoms with van der Waals surface area (Å²) in [6, 6.07) is 11.5. The molecular formula is C15H19N3O. The van der Waals surface area contributed by atoms with E-state index in [1.807, 2.05) is 50.2 Å². The number of hydrogen-bond donors (Lipinski definition) is 3. The highest BCUT2D eigenvalue weighted by molar-refractivity contribution is 5.66. The molecule has 0 aliphatic carbocycles. The van der Waals surface area contributed by atoms with Crippen LogP contribution in [0.1, 0.15) is 22.9 Å². The van der Waals surface area contributed by atoms with Gasteiger partial charge in [-0.15, -0.1) is 0 Å². The molecule has 0 aliphatic rings. The molecule has 1 aromatic carbocycles. The summed E-state index contributed by atoms with van der Waals surface area (Å²) in [6.07, 6.45) is 0. The van der Waals surface area contributed by atoms with Crippen LogP contribution in [-0.4, -0.2) is 16.7 Å². The molecule has 19 heavy (non-hydrogen) atoms. The smallest absolute Gasteiger partial charge is 0.150 e. The normalized spacial score (nSPS) is 12.2. The first-order valence-electron chi connectivity index (χ1n) is 6.28. The Morgan fingerprint density at radius 1 is 1.26 bits per heavy atom. The Hall–Kier alpha value is -2.07. The second-order valence-electron chi connectivity index (χ2n) is 4.63. The van der Waals surface area contributed by atoms with Crippen LogP contribution in [0, 0.1) is 13.8 Å². The Balaban J connectivity index is 2.29. The topological polar surface area (TPSA) is 71.2 Å². The van der Waals surface area contributed by atoms with Crippen LogP contribution in [0.4, 0.5) is 11.5 Å². The highest BCUT2D eigenvalue weighted by Crippen LogP contribution is 2.25. The Morgan fingerprint density at radius 3 is 2.58 bits per heavy atom. The number of aliphatic hydroxyl groups is 1. The lowest BCUT2D eigenvalue weighted by Gasteiger charge is -2.19. The van der Waals surface area contributed by atoms with Crippen LogP contribution >= 0.6 is 0 Å². The van der Waals surface area contributed by atoms with Crippen LogP contribution in [0.25, 0.3) is 0 Å². The van der Waals surface area contributed by atoms with Gasteiger partial charge in [-0.1, -0.05) is 30.3 Å². The van der Waals surface area contributed by atoms with Crippen molar-refractivity contribution < 1.29 is 5.11 Å². The average Bonchev–Trinajstić information content (AvgIpc) is 2.42. The zero-order chi connectivity index (χ0) is 13.8. The molecule has 2 rings (SSSR count). The Morgan fingerprint density at radius 2 is 1.95 bits per heavy atom. The van der Waals surface area contributed by atoms with Crippen molar-refractivity contribution in [2.45, 2.75) is 19.9 Å². The van der Waals surface area contributed by atoms with Crippen molar-refractivity contribution in [3.63, 3.8) is 0 Å². The molecule has 0 spiro atoms. The second-order valence-corrected chi connectivity index (χ2v) is 4.63. The summed E-state index contributed by atoms with van der Waals surface area (Å²) >= 11 is 0. The number of nitrogen functional groups attached to an aromatic ring is 1. The maximum Gasteiger partial charge on any atom is 0.150 e. The van der Waals surface area contributed by atoms with Crippen molar-refractivity contribution in [2.75, 3.05) is 17.7 Å². The molecule has 0 saturated carbocycles. The highest BCUT2D eigenvalue weighted by atomic mass is 16.3. The van der Waals surface area contributed by atoms with Gasteiger partial charge in [0.15, 0.2) is 0 Å². The summed E-state index contributed by atoms with van der Waals surface area (Å²) in [6.45, 7) is 3.86. The van der Waals surface area contributed by atoms with Gasteiger partial charge >= 0.3 is 0 Å². The lowest BCUT2D eigenvalue weighted by atomic mass is 10.1. The van der Waals surface area contributed by atoms with E-state index in [9.17, 15) is 5.11 Å². The first kappa shape index (κ1) is 13.4. The molecule has 0 bridgehead atoms. The van der Waals surface area contributed by atoms with Crippen LogP contribution in [0.3, 0.4) is 0 Å². The summed E-state index contributed by atoms with van der Waals surface area (Å²) in [4.78, 5) is 4.40. The maximum absolute atomic E-state index is 9.54. The van der Waals surface area contributed by atoms with Gasteiger partial charge in [-0.05, 0) is 31.0 Å². The molecule has 1 atom stereocenters. The number of benzene rings is 1. The number of aromatic nitrogens is 1. The summed E-state index contributed by atoms with van der Waals surface area (Å²) in [5.41, 5.74) is 9.54. The van der Waals surface area contributed by atoms with Gasteiger partial charge in [0, 0.05) is 5.69 Å². The predicted molar refractivity (Wildman–Crippen MR) is 78.0 cm³/mol. The van der Waals surface area contributed by atoms with E-state index in [1.54, 1.807) is 0 Å². The molecule has 100 valence electrons. The Bertz CT molecular complexity index is 555. The monoisotopic (exact) mass is 257 g/mol. The van der Waals surface area contributed by atoms with Gasteiger partial charge in [0.1, 0.15) is 5.82 Å². The van der Waals surface area contributed by atoms with Crippen LogP contribution < -0.4 is 11.1 Å². The summed E-state index contributed by atoms with van der Waals surface area (Å²) in [5, 5.41) is 12.7. The molecule has 1 aromatic heterocycles. The zero-order valence-corrected chi connectivity index (χ0v) is 11.2. The summed E-state index contributed by atoms with van der Waals surface area (Å²) < 4.78 is 0. The minimum absolute atomic E-state index is 0.0158. The van der Waals surface area contributed by atoms with E-state index in [4.69, 9.17) is 5.73 Å². The van der Waals surface area contributed by atoms with E-state index in [1.165, 1.54) is 0 Å². The standard InChI is InChI=1S/C15H19N3O/c1-10-8-11(2)17-15(14(10)16)18-13(9-19)12-6-4-3-5-7-12/h3-8,13,19H,9,16H2,1-2H3,(H,17,18). The molecule has 2 aromatic rings. The van der Waals surface area contributed by atoms with Gasteiger partial charge in [-0.25, -0.2) is 4.98 Å². The van der Waals surface area contributed by atoms with E-state index >= 15 is 0 Å². The summed E-state index contributed by atoms with van der Waals surface area (Å²) in [5.74, 6) is 0.625. The summed E-state index contributed by atoms with van der Waals surface area (Å²) in [7, 11) is 0. The molecule has 1 heterocycles. The fourth-order valence-corrected chi connectivity index (χ4v) is 2.04. The van der Waals surface area contributed by atoms with E-state index in [-0.39, 0.29) is 12.6 Å². The SMILES string of the molecule is Cc1cc(C)c(N)c(NC(CO)c2ccccc2)n1. The molecule has 1 unspecified atom stereocenters. The van der Waals surface area contributed by atoms with Gasteiger partial charge < -0.3 is 16.2 Å². The number of nitrogens with zero attached hydrogens (tertiary/aromatic N) is 1. The third kappa shape index (κ3) is 3.03. The molecule has 4 heteroatoms. The van der Waals surface area contributed by atoms with Gasteiger partial charge in [-0.2, -0.15) is 0 Å². The maximum atomic E-state index is 9.54. The lowest BCUT2D eigenvalue weighted by Crippen LogP contribution is -2.17. The molecule has 0 fully saturated rings. The third-order valence-electron chi connectivity index (χ3n) is 3.09. The molecule has 0 aliphatic heterocycles. The van der Waals surface area contributed by atoms with E-state index < -0.39 is 0 Å². The van der Waals surface area contributed by atoms with Crippen molar-refractivity contribution in [2.24, 2.45) is 0 Å². The van der Waals surface area contributed by atoms with Crippen LogP contribution in [0.2, 0.25) is 0 Å². The van der Waals surface area contributed by atoms with Crippen molar-refractivity contribution in [3.05, 3.63) is 53.2 Å². The minimum atomic E-state index is -0.211. The quantitative estimate of drug-likeness (QED) is 0.786. The second kappa shape index (κ2) is 5.71. The number of nitrogens with one attached hydrogen (secondary N) is 1. The molecule has 4 nitrogen and oxygen atoms in total. The van der Waals surface area contributed by atoms with E-state index in [0.29, 0.717) is 11.5 Å². The number of hydrogen-bond acceptors (Lipinski definition) is 4. The Kier molecular flexibility index (Phi) is 4.02. The fourth-order valence-electron chi connectivity index (χ4n) is 2.04. The van der Waals surface area contributed by atoms with Gasteiger partial charge in [0.2, 0.25) is 0 Å². The largest absolute Gasteiger partial charge is 0.396 e. The van der Waals surface area contributed by atoms with Gasteiger partial charge in [0.25, 0.3) is 0 Å². The van der Waals surface area contributed by atoms with Crippen molar-refractivity contribution in [1.29, 1.82) is 0 Å². The number of aliphatic hydroxyl groups excluding tert-OH is 1. The lowest BCUT2D eigenvalue weighted by molar-refractivity contribution is 0.276. The number of aryl methyl sites for hydroxylation is 2. The molecule has 4 N–H and O–H groups in total. The number of rotatable bonds is 4. The molecule has 0 saturated heterocycles. The van der Waals surface area contributed by atoms with Crippen molar-refractivity contribution in [3.8, 4) is 0 Å². The van der Waals surface area contributed by atoms with E-state index in [2.05, 4.69) is 10.3 Å². The number of anilines is 2. The first-order valence-corrected chi connectivity index (χ1v) is 6.28. The first-order chi connectivity index (χ1) is 9.11. The van der Waals surface area contributed by atoms with Gasteiger partial charge in [-0.3, -0.25) is 0 Å². The number of pyridine rings is 1. The van der Waals surface area contributed by atoms with Gasteiger partial charge in [0.05, 0.1) is 18.3 Å². The predicted octanol–water partition coefficient (Wildman–Crippen LogP) is 2.43. The average molecular weight is 257 g/mol. The van der Waals surface area contributed by atoms with Crippen LogP contribution in [-0.2, 0) is 0 Å². The van der Waals surface area contributed by atoms with E-state index in [0.717, 1.165) is 16.8 Å². The number of nitrogens with two attached hydrogens (primary N) is 1. The van der Waals surface area contributed by atoms with Crippen LogP contribution in [0.15, 0.2) is 36.4 Å². The zero-order valence-electron chi connectivity index (χ0n) is 11.2. The molecular weight excluding hydrogens is 238 g/mol. The van der Waals surface area contributed by atoms with Crippen molar-refractivity contribution in [1.82, 2.24) is 4.98 Å². The molecule has 0 radical (unpaired) electrons. The highest BCUT2D eigenvalue weighted by Gasteiger charge is 2.13.